The van der Waals surface area contributed by atoms with Gasteiger partial charge in [0.1, 0.15) is 5.25 Å². The molecule has 0 aliphatic heterocycles. The van der Waals surface area contributed by atoms with E-state index in [4.69, 9.17) is 9.52 Å². The van der Waals surface area contributed by atoms with E-state index in [-0.39, 0.29) is 5.22 Å². The van der Waals surface area contributed by atoms with Crippen molar-refractivity contribution in [3.63, 3.8) is 0 Å². The van der Waals surface area contributed by atoms with E-state index in [0.717, 1.165) is 22.9 Å². The highest BCUT2D eigenvalue weighted by Gasteiger charge is 2.17. The SMILES string of the molecule is Cc1ccccc1-c1nnc(S[C@@H](C)C(=O)O)o1. The molecule has 0 radical (unpaired) electrons. The first-order chi connectivity index (χ1) is 8.58. The molecular formula is C12H12N2O3S. The Bertz CT molecular complexity index is 568. The maximum Gasteiger partial charge on any atom is 0.316 e. The van der Waals surface area contributed by atoms with E-state index in [0.29, 0.717) is 5.89 Å². The Morgan fingerprint density at radius 1 is 1.39 bits per heavy atom. The number of aryl methyl sites for hydroxylation is 1. The minimum atomic E-state index is -0.907. The molecule has 0 saturated heterocycles. The third-order valence-electron chi connectivity index (χ3n) is 2.41. The van der Waals surface area contributed by atoms with Gasteiger partial charge in [0.15, 0.2) is 0 Å². The molecule has 0 bridgehead atoms. The van der Waals surface area contributed by atoms with Crippen molar-refractivity contribution in [3.05, 3.63) is 29.8 Å². The average Bonchev–Trinajstić information content (AvgIpc) is 2.77. The van der Waals surface area contributed by atoms with E-state index in [9.17, 15) is 4.79 Å². The number of carboxylic acids is 1. The fourth-order valence-electron chi connectivity index (χ4n) is 1.38. The second-order valence-corrected chi connectivity index (χ2v) is 5.08. The van der Waals surface area contributed by atoms with Crippen LogP contribution in [0.15, 0.2) is 33.9 Å². The first kappa shape index (κ1) is 12.6. The van der Waals surface area contributed by atoms with E-state index in [1.807, 2.05) is 31.2 Å². The van der Waals surface area contributed by atoms with Crippen molar-refractivity contribution >= 4 is 17.7 Å². The first-order valence-electron chi connectivity index (χ1n) is 5.37. The van der Waals surface area contributed by atoms with Crippen LogP contribution in [0.25, 0.3) is 11.5 Å². The number of nitrogens with zero attached hydrogens (tertiary/aromatic N) is 2. The van der Waals surface area contributed by atoms with Gasteiger partial charge in [-0.25, -0.2) is 0 Å². The van der Waals surface area contributed by atoms with Gasteiger partial charge in [-0.1, -0.05) is 30.0 Å². The molecule has 1 N–H and O–H groups in total. The molecule has 2 aromatic rings. The number of carbonyl (C=O) groups is 1. The van der Waals surface area contributed by atoms with Crippen LogP contribution < -0.4 is 0 Å². The summed E-state index contributed by atoms with van der Waals surface area (Å²) in [5.41, 5.74) is 1.89. The normalized spacial score (nSPS) is 12.3. The Balaban J connectivity index is 2.21. The summed E-state index contributed by atoms with van der Waals surface area (Å²) in [7, 11) is 0. The summed E-state index contributed by atoms with van der Waals surface area (Å²) in [5, 5.41) is 16.2. The lowest BCUT2D eigenvalue weighted by atomic mass is 10.1. The van der Waals surface area contributed by atoms with Crippen LogP contribution in [0.3, 0.4) is 0 Å². The lowest BCUT2D eigenvalue weighted by molar-refractivity contribution is -0.136. The van der Waals surface area contributed by atoms with Gasteiger partial charge in [-0.3, -0.25) is 4.79 Å². The summed E-state index contributed by atoms with van der Waals surface area (Å²) in [6.45, 7) is 3.52. The van der Waals surface area contributed by atoms with Crippen LogP contribution in [0.5, 0.6) is 0 Å². The smallest absolute Gasteiger partial charge is 0.316 e. The summed E-state index contributed by atoms with van der Waals surface area (Å²) in [6.07, 6.45) is 0. The quantitative estimate of drug-likeness (QED) is 0.855. The average molecular weight is 264 g/mol. The lowest BCUT2D eigenvalue weighted by Crippen LogP contribution is -2.10. The molecule has 0 spiro atoms. The third kappa shape index (κ3) is 2.70. The molecule has 6 heteroatoms. The van der Waals surface area contributed by atoms with Gasteiger partial charge in [0.2, 0.25) is 5.89 Å². The van der Waals surface area contributed by atoms with Crippen LogP contribution in [0, 0.1) is 6.92 Å². The molecule has 0 unspecified atom stereocenters. The monoisotopic (exact) mass is 264 g/mol. The van der Waals surface area contributed by atoms with Crippen molar-refractivity contribution in [2.24, 2.45) is 0 Å². The molecule has 1 aromatic carbocycles. The molecule has 18 heavy (non-hydrogen) atoms. The molecule has 5 nitrogen and oxygen atoms in total. The van der Waals surface area contributed by atoms with Crippen LogP contribution in [-0.4, -0.2) is 26.5 Å². The van der Waals surface area contributed by atoms with Gasteiger partial charge in [0.05, 0.1) is 0 Å². The first-order valence-corrected chi connectivity index (χ1v) is 6.25. The number of hydrogen-bond acceptors (Lipinski definition) is 5. The zero-order chi connectivity index (χ0) is 13.1. The van der Waals surface area contributed by atoms with Crippen LogP contribution >= 0.6 is 11.8 Å². The van der Waals surface area contributed by atoms with E-state index >= 15 is 0 Å². The van der Waals surface area contributed by atoms with Crippen LogP contribution in [0.1, 0.15) is 12.5 Å². The van der Waals surface area contributed by atoms with Crippen molar-refractivity contribution in [1.29, 1.82) is 0 Å². The van der Waals surface area contributed by atoms with Crippen molar-refractivity contribution < 1.29 is 14.3 Å². The second-order valence-electron chi connectivity index (χ2n) is 3.79. The molecule has 0 saturated carbocycles. The molecule has 1 atom stereocenters. The molecule has 1 heterocycles. The van der Waals surface area contributed by atoms with E-state index in [1.165, 1.54) is 0 Å². The minimum Gasteiger partial charge on any atom is -0.480 e. The Morgan fingerprint density at radius 3 is 2.78 bits per heavy atom. The van der Waals surface area contributed by atoms with Gasteiger partial charge in [0, 0.05) is 5.56 Å². The standard InChI is InChI=1S/C12H12N2O3S/c1-7-5-3-4-6-9(7)10-13-14-12(17-10)18-8(2)11(15)16/h3-6,8H,1-2H3,(H,15,16)/t8-/m0/s1. The number of hydrogen-bond donors (Lipinski definition) is 1. The summed E-state index contributed by atoms with van der Waals surface area (Å²) in [4.78, 5) is 10.7. The van der Waals surface area contributed by atoms with Crippen molar-refractivity contribution in [1.82, 2.24) is 10.2 Å². The second kappa shape index (κ2) is 5.22. The molecule has 1 aromatic heterocycles. The summed E-state index contributed by atoms with van der Waals surface area (Å²) >= 11 is 1.03. The fourth-order valence-corrected chi connectivity index (χ4v) is 2.00. The van der Waals surface area contributed by atoms with Gasteiger partial charge >= 0.3 is 5.97 Å². The van der Waals surface area contributed by atoms with Gasteiger partial charge in [-0.2, -0.15) is 0 Å². The maximum atomic E-state index is 10.7. The Hall–Kier alpha value is -1.82. The fraction of sp³-hybridized carbons (Fsp3) is 0.250. The van der Waals surface area contributed by atoms with Gasteiger partial charge in [-0.15, -0.1) is 10.2 Å². The number of carboxylic acid groups (broad SMARTS) is 1. The Labute approximate surface area is 108 Å². The summed E-state index contributed by atoms with van der Waals surface area (Å²) in [6, 6.07) is 7.65. The number of benzene rings is 1. The predicted molar refractivity (Wildman–Crippen MR) is 67.4 cm³/mol. The molecule has 0 fully saturated rings. The molecule has 2 rings (SSSR count). The van der Waals surface area contributed by atoms with Gasteiger partial charge < -0.3 is 9.52 Å². The molecule has 0 amide bonds. The zero-order valence-corrected chi connectivity index (χ0v) is 10.8. The van der Waals surface area contributed by atoms with E-state index in [1.54, 1.807) is 6.92 Å². The number of aromatic nitrogens is 2. The lowest BCUT2D eigenvalue weighted by Gasteiger charge is -2.00. The summed E-state index contributed by atoms with van der Waals surface area (Å²) in [5.74, 6) is -0.496. The number of thioether (sulfide) groups is 1. The third-order valence-corrected chi connectivity index (χ3v) is 3.33. The molecule has 0 aliphatic rings. The topological polar surface area (TPSA) is 76.2 Å². The molecule has 0 aliphatic carbocycles. The highest BCUT2D eigenvalue weighted by molar-refractivity contribution is 8.00. The molecule has 94 valence electrons. The minimum absolute atomic E-state index is 0.267. The Morgan fingerprint density at radius 2 is 2.11 bits per heavy atom. The number of aliphatic carboxylic acids is 1. The molecular weight excluding hydrogens is 252 g/mol. The van der Waals surface area contributed by atoms with Crippen molar-refractivity contribution in [2.45, 2.75) is 24.3 Å². The van der Waals surface area contributed by atoms with Gasteiger partial charge in [0.25, 0.3) is 5.22 Å². The van der Waals surface area contributed by atoms with Crippen LogP contribution in [0.4, 0.5) is 0 Å². The highest BCUT2D eigenvalue weighted by Crippen LogP contribution is 2.27. The van der Waals surface area contributed by atoms with E-state index in [2.05, 4.69) is 10.2 Å². The van der Waals surface area contributed by atoms with Gasteiger partial charge in [-0.05, 0) is 25.5 Å². The van der Waals surface area contributed by atoms with Crippen molar-refractivity contribution in [2.75, 3.05) is 0 Å². The Kier molecular flexibility index (Phi) is 3.66. The van der Waals surface area contributed by atoms with Crippen LogP contribution in [-0.2, 0) is 4.79 Å². The van der Waals surface area contributed by atoms with E-state index < -0.39 is 11.2 Å². The predicted octanol–water partition coefficient (Wildman–Crippen LogP) is 2.61. The zero-order valence-electron chi connectivity index (χ0n) is 9.95. The summed E-state index contributed by atoms with van der Waals surface area (Å²) < 4.78 is 5.45. The number of rotatable bonds is 4. The maximum absolute atomic E-state index is 10.7. The largest absolute Gasteiger partial charge is 0.480 e. The highest BCUT2D eigenvalue weighted by atomic mass is 32.2. The van der Waals surface area contributed by atoms with Crippen LogP contribution in [0.2, 0.25) is 0 Å². The van der Waals surface area contributed by atoms with Crippen molar-refractivity contribution in [3.8, 4) is 11.5 Å².